The number of nitrogens with one attached hydrogen (secondary N) is 1. The van der Waals surface area contributed by atoms with E-state index in [0.29, 0.717) is 5.41 Å². The molecule has 1 N–H and O–H groups in total. The van der Waals surface area contributed by atoms with Gasteiger partial charge in [0.05, 0.1) is 5.25 Å². The van der Waals surface area contributed by atoms with Gasteiger partial charge in [0.2, 0.25) is 5.91 Å². The van der Waals surface area contributed by atoms with Gasteiger partial charge in [-0.25, -0.2) is 0 Å². The highest BCUT2D eigenvalue weighted by atomic mass is 32.2. The van der Waals surface area contributed by atoms with E-state index in [1.54, 1.807) is 11.8 Å². The zero-order chi connectivity index (χ0) is 15.9. The molecule has 0 radical (unpaired) electrons. The molecule has 1 atom stereocenters. The van der Waals surface area contributed by atoms with Gasteiger partial charge >= 0.3 is 0 Å². The van der Waals surface area contributed by atoms with Crippen molar-refractivity contribution in [3.8, 4) is 0 Å². The van der Waals surface area contributed by atoms with Crippen molar-refractivity contribution in [2.45, 2.75) is 55.6 Å². The monoisotopic (exact) mass is 329 g/mol. The predicted molar refractivity (Wildman–Crippen MR) is 95.4 cm³/mol. The summed E-state index contributed by atoms with van der Waals surface area (Å²) in [5.74, 6) is 3.06. The average molecular weight is 330 g/mol. The summed E-state index contributed by atoms with van der Waals surface area (Å²) in [4.78, 5) is 13.7. The first kappa shape index (κ1) is 15.6. The summed E-state index contributed by atoms with van der Waals surface area (Å²) in [5, 5.41) is 3.28. The number of benzene rings is 1. The van der Waals surface area contributed by atoms with Crippen LogP contribution in [0.25, 0.3) is 0 Å². The van der Waals surface area contributed by atoms with E-state index in [1.165, 1.54) is 43.4 Å². The van der Waals surface area contributed by atoms with Crippen molar-refractivity contribution in [1.82, 2.24) is 5.32 Å². The SMILES string of the molecule is CC(Sc1ccccc1)C(=O)NCC12CC3CC(CC(C3)C1)C2. The minimum absolute atomic E-state index is 0.0219. The Morgan fingerprint density at radius 3 is 2.26 bits per heavy atom. The molecule has 4 saturated carbocycles. The second kappa shape index (κ2) is 6.16. The third-order valence-corrected chi connectivity index (χ3v) is 7.34. The maximum atomic E-state index is 12.5. The van der Waals surface area contributed by atoms with Crippen LogP contribution < -0.4 is 5.32 Å². The van der Waals surface area contributed by atoms with Crippen molar-refractivity contribution in [3.63, 3.8) is 0 Å². The summed E-state index contributed by atoms with van der Waals surface area (Å²) in [6, 6.07) is 10.2. The molecule has 0 aromatic heterocycles. The summed E-state index contributed by atoms with van der Waals surface area (Å²) in [5.41, 5.74) is 0.432. The lowest BCUT2D eigenvalue weighted by molar-refractivity contribution is -0.122. The van der Waals surface area contributed by atoms with E-state index in [9.17, 15) is 4.79 Å². The maximum absolute atomic E-state index is 12.5. The number of hydrogen-bond donors (Lipinski definition) is 1. The lowest BCUT2D eigenvalue weighted by atomic mass is 9.49. The molecule has 23 heavy (non-hydrogen) atoms. The number of carbonyl (C=O) groups is 1. The van der Waals surface area contributed by atoms with E-state index >= 15 is 0 Å². The van der Waals surface area contributed by atoms with E-state index < -0.39 is 0 Å². The van der Waals surface area contributed by atoms with Gasteiger partial charge in [-0.2, -0.15) is 0 Å². The minimum Gasteiger partial charge on any atom is -0.355 e. The summed E-state index contributed by atoms with van der Waals surface area (Å²) in [6.07, 6.45) is 8.48. The lowest BCUT2D eigenvalue weighted by Gasteiger charge is -2.57. The van der Waals surface area contributed by atoms with Gasteiger partial charge in [0.25, 0.3) is 0 Å². The summed E-state index contributed by atoms with van der Waals surface area (Å²) in [6.45, 7) is 2.93. The highest BCUT2D eigenvalue weighted by molar-refractivity contribution is 8.00. The van der Waals surface area contributed by atoms with Gasteiger partial charge < -0.3 is 5.32 Å². The van der Waals surface area contributed by atoms with E-state index in [-0.39, 0.29) is 11.2 Å². The molecular formula is C20H27NOS. The van der Waals surface area contributed by atoms with E-state index in [1.807, 2.05) is 25.1 Å². The fourth-order valence-corrected chi connectivity index (χ4v) is 6.59. The number of hydrogen-bond acceptors (Lipinski definition) is 2. The zero-order valence-electron chi connectivity index (χ0n) is 14.0. The molecule has 0 spiro atoms. The topological polar surface area (TPSA) is 29.1 Å². The molecular weight excluding hydrogens is 302 g/mol. The van der Waals surface area contributed by atoms with Crippen LogP contribution in [0.3, 0.4) is 0 Å². The minimum atomic E-state index is -0.0219. The summed E-state index contributed by atoms with van der Waals surface area (Å²) >= 11 is 1.66. The van der Waals surface area contributed by atoms with Crippen molar-refractivity contribution < 1.29 is 4.79 Å². The molecule has 0 aliphatic heterocycles. The number of amides is 1. The third-order valence-electron chi connectivity index (χ3n) is 6.23. The van der Waals surface area contributed by atoms with Gasteiger partial charge in [0.1, 0.15) is 0 Å². The Morgan fingerprint density at radius 2 is 1.70 bits per heavy atom. The van der Waals surface area contributed by atoms with Crippen molar-refractivity contribution in [1.29, 1.82) is 0 Å². The van der Waals surface area contributed by atoms with Crippen molar-refractivity contribution in [2.24, 2.45) is 23.2 Å². The third kappa shape index (κ3) is 3.31. The van der Waals surface area contributed by atoms with Gasteiger partial charge in [0.15, 0.2) is 0 Å². The van der Waals surface area contributed by atoms with Crippen LogP contribution in [0.15, 0.2) is 35.2 Å². The first-order valence-corrected chi connectivity index (χ1v) is 9.99. The van der Waals surface area contributed by atoms with Gasteiger partial charge in [0, 0.05) is 11.4 Å². The first-order chi connectivity index (χ1) is 11.1. The van der Waals surface area contributed by atoms with E-state index in [0.717, 1.165) is 24.3 Å². The van der Waals surface area contributed by atoms with Crippen LogP contribution in [-0.2, 0) is 4.79 Å². The maximum Gasteiger partial charge on any atom is 0.233 e. The molecule has 4 bridgehead atoms. The molecule has 4 aliphatic rings. The standard InChI is InChI=1S/C20H27NOS/c1-14(23-18-5-3-2-4-6-18)19(22)21-13-20-10-15-7-16(11-20)9-17(8-15)12-20/h2-6,14-17H,7-13H2,1H3,(H,21,22). The molecule has 1 amide bonds. The van der Waals surface area contributed by atoms with Crippen LogP contribution in [0, 0.1) is 23.2 Å². The van der Waals surface area contributed by atoms with Gasteiger partial charge in [-0.15, -0.1) is 11.8 Å². The summed E-state index contributed by atoms with van der Waals surface area (Å²) in [7, 11) is 0. The van der Waals surface area contributed by atoms with Crippen molar-refractivity contribution in [3.05, 3.63) is 30.3 Å². The number of thioether (sulfide) groups is 1. The molecule has 1 aromatic rings. The smallest absolute Gasteiger partial charge is 0.233 e. The highest BCUT2D eigenvalue weighted by Crippen LogP contribution is 2.59. The quantitative estimate of drug-likeness (QED) is 0.806. The Kier molecular flexibility index (Phi) is 4.17. The molecule has 4 fully saturated rings. The highest BCUT2D eigenvalue weighted by Gasteiger charge is 2.50. The Hall–Kier alpha value is -0.960. The fraction of sp³-hybridized carbons (Fsp3) is 0.650. The van der Waals surface area contributed by atoms with Crippen LogP contribution in [-0.4, -0.2) is 17.7 Å². The normalized spacial score (nSPS) is 36.0. The lowest BCUT2D eigenvalue weighted by Crippen LogP contribution is -2.51. The zero-order valence-corrected chi connectivity index (χ0v) is 14.8. The predicted octanol–water partition coefficient (Wildman–Crippen LogP) is 4.50. The number of carbonyl (C=O) groups excluding carboxylic acids is 1. The average Bonchev–Trinajstić information content (AvgIpc) is 2.52. The van der Waals surface area contributed by atoms with Crippen LogP contribution in [0.5, 0.6) is 0 Å². The van der Waals surface area contributed by atoms with E-state index in [2.05, 4.69) is 17.4 Å². The molecule has 4 aliphatic carbocycles. The fourth-order valence-electron chi connectivity index (χ4n) is 5.68. The second-order valence-electron chi connectivity index (χ2n) is 8.21. The molecule has 5 rings (SSSR count). The van der Waals surface area contributed by atoms with Crippen LogP contribution in [0.2, 0.25) is 0 Å². The Morgan fingerprint density at radius 1 is 1.13 bits per heavy atom. The Bertz CT molecular complexity index is 535. The molecule has 1 unspecified atom stereocenters. The Balaban J connectivity index is 1.33. The van der Waals surface area contributed by atoms with Crippen LogP contribution >= 0.6 is 11.8 Å². The summed E-state index contributed by atoms with van der Waals surface area (Å²) < 4.78 is 0. The van der Waals surface area contributed by atoms with E-state index in [4.69, 9.17) is 0 Å². The van der Waals surface area contributed by atoms with Crippen LogP contribution in [0.1, 0.15) is 45.4 Å². The first-order valence-electron chi connectivity index (χ1n) is 9.11. The molecule has 0 heterocycles. The van der Waals surface area contributed by atoms with Gasteiger partial charge in [-0.3, -0.25) is 4.79 Å². The largest absolute Gasteiger partial charge is 0.355 e. The Labute approximate surface area is 143 Å². The molecule has 0 saturated heterocycles. The van der Waals surface area contributed by atoms with Gasteiger partial charge in [-0.1, -0.05) is 18.2 Å². The van der Waals surface area contributed by atoms with Crippen molar-refractivity contribution in [2.75, 3.05) is 6.54 Å². The number of rotatable bonds is 5. The molecule has 124 valence electrons. The molecule has 1 aromatic carbocycles. The second-order valence-corrected chi connectivity index (χ2v) is 9.62. The molecule has 2 nitrogen and oxygen atoms in total. The molecule has 3 heteroatoms. The van der Waals surface area contributed by atoms with Crippen molar-refractivity contribution >= 4 is 17.7 Å². The van der Waals surface area contributed by atoms with Crippen LogP contribution in [0.4, 0.5) is 0 Å². The van der Waals surface area contributed by atoms with Gasteiger partial charge in [-0.05, 0) is 80.8 Å².